The van der Waals surface area contributed by atoms with Crippen molar-refractivity contribution in [1.82, 2.24) is 4.90 Å². The van der Waals surface area contributed by atoms with Crippen molar-refractivity contribution in [2.75, 3.05) is 25.5 Å². The molecule has 3 heteroatoms. The molecule has 1 heterocycles. The summed E-state index contributed by atoms with van der Waals surface area (Å²) in [6, 6.07) is 18.1. The van der Waals surface area contributed by atoms with Gasteiger partial charge < -0.3 is 10.6 Å². The number of fused-ring (bicyclic) bond motifs is 1. The van der Waals surface area contributed by atoms with Gasteiger partial charge in [0.1, 0.15) is 0 Å². The Morgan fingerprint density at radius 3 is 2.48 bits per heavy atom. The Morgan fingerprint density at radius 1 is 1.13 bits per heavy atom. The molecule has 0 spiro atoms. The molecule has 0 bridgehead atoms. The van der Waals surface area contributed by atoms with E-state index in [1.807, 2.05) is 0 Å². The predicted molar refractivity (Wildman–Crippen MR) is 95.5 cm³/mol. The molecule has 2 aromatic rings. The van der Waals surface area contributed by atoms with Gasteiger partial charge in [0.25, 0.3) is 0 Å². The highest BCUT2D eigenvalue weighted by molar-refractivity contribution is 5.53. The van der Waals surface area contributed by atoms with Crippen molar-refractivity contribution >= 4 is 5.69 Å². The molecule has 1 fully saturated rings. The van der Waals surface area contributed by atoms with Crippen molar-refractivity contribution in [3.63, 3.8) is 0 Å². The molecule has 0 radical (unpaired) electrons. The minimum Gasteiger partial charge on any atom is -0.378 e. The second kappa shape index (κ2) is 5.36. The first-order valence-electron chi connectivity index (χ1n) is 8.48. The Labute approximate surface area is 138 Å². The SMILES string of the molecule is CN(C)c1ccc2c(c1)C(CN)N(C1(c3ccccc3)CC1)C2. The van der Waals surface area contributed by atoms with Crippen LogP contribution in [-0.4, -0.2) is 25.5 Å². The number of anilines is 1. The van der Waals surface area contributed by atoms with Crippen LogP contribution in [0.1, 0.15) is 35.6 Å². The summed E-state index contributed by atoms with van der Waals surface area (Å²) in [5.74, 6) is 0. The average molecular weight is 307 g/mol. The Bertz CT molecular complexity index is 704. The predicted octanol–water partition coefficient (Wildman–Crippen LogP) is 3.26. The van der Waals surface area contributed by atoms with Gasteiger partial charge in [-0.25, -0.2) is 0 Å². The molecule has 1 aliphatic heterocycles. The smallest absolute Gasteiger partial charge is 0.0486 e. The molecule has 120 valence electrons. The van der Waals surface area contributed by atoms with E-state index in [0.717, 1.165) is 6.54 Å². The zero-order chi connectivity index (χ0) is 16.0. The average Bonchev–Trinajstić information content (AvgIpc) is 3.30. The molecular formula is C20H25N3. The van der Waals surface area contributed by atoms with Crippen LogP contribution in [0.15, 0.2) is 48.5 Å². The van der Waals surface area contributed by atoms with E-state index < -0.39 is 0 Å². The summed E-state index contributed by atoms with van der Waals surface area (Å²) in [6.45, 7) is 1.69. The zero-order valence-corrected chi connectivity index (χ0v) is 14.0. The van der Waals surface area contributed by atoms with Crippen LogP contribution in [0.2, 0.25) is 0 Å². The Morgan fingerprint density at radius 2 is 1.87 bits per heavy atom. The van der Waals surface area contributed by atoms with Gasteiger partial charge in [-0.1, -0.05) is 36.4 Å². The van der Waals surface area contributed by atoms with Gasteiger partial charge in [-0.05, 0) is 41.7 Å². The Kier molecular flexibility index (Phi) is 3.43. The van der Waals surface area contributed by atoms with E-state index in [4.69, 9.17) is 5.73 Å². The van der Waals surface area contributed by atoms with Crippen LogP contribution in [0.3, 0.4) is 0 Å². The zero-order valence-electron chi connectivity index (χ0n) is 14.0. The quantitative estimate of drug-likeness (QED) is 0.941. The first-order valence-corrected chi connectivity index (χ1v) is 8.48. The number of rotatable bonds is 4. The standard InChI is InChI=1S/C20H25N3/c1-22(2)17-9-8-15-14-23(19(13-21)18(15)12-17)20(10-11-20)16-6-4-3-5-7-16/h3-9,12,19H,10-11,13-14,21H2,1-2H3. The third kappa shape index (κ3) is 2.27. The van der Waals surface area contributed by atoms with E-state index in [-0.39, 0.29) is 5.54 Å². The molecule has 2 N–H and O–H groups in total. The molecule has 2 aromatic carbocycles. The first kappa shape index (κ1) is 14.7. The van der Waals surface area contributed by atoms with E-state index in [1.54, 1.807) is 0 Å². The van der Waals surface area contributed by atoms with E-state index in [0.29, 0.717) is 12.6 Å². The molecule has 4 rings (SSSR count). The van der Waals surface area contributed by atoms with Crippen molar-refractivity contribution in [1.29, 1.82) is 0 Å². The van der Waals surface area contributed by atoms with Crippen molar-refractivity contribution < 1.29 is 0 Å². The second-order valence-electron chi connectivity index (χ2n) is 7.05. The fraction of sp³-hybridized carbons (Fsp3) is 0.400. The lowest BCUT2D eigenvalue weighted by Gasteiger charge is -2.33. The lowest BCUT2D eigenvalue weighted by atomic mass is 10.00. The molecule has 1 atom stereocenters. The summed E-state index contributed by atoms with van der Waals surface area (Å²) < 4.78 is 0. The maximum Gasteiger partial charge on any atom is 0.0486 e. The summed E-state index contributed by atoms with van der Waals surface area (Å²) in [5, 5.41) is 0. The van der Waals surface area contributed by atoms with Gasteiger partial charge in [0.2, 0.25) is 0 Å². The van der Waals surface area contributed by atoms with Crippen molar-refractivity contribution in [3.05, 3.63) is 65.2 Å². The van der Waals surface area contributed by atoms with Gasteiger partial charge in [-0.3, -0.25) is 4.90 Å². The molecule has 2 aliphatic rings. The van der Waals surface area contributed by atoms with Crippen molar-refractivity contribution in [3.8, 4) is 0 Å². The fourth-order valence-corrected chi connectivity index (χ4v) is 4.09. The van der Waals surface area contributed by atoms with Gasteiger partial charge in [0.05, 0.1) is 0 Å². The molecule has 1 saturated carbocycles. The summed E-state index contributed by atoms with van der Waals surface area (Å²) in [7, 11) is 4.19. The maximum absolute atomic E-state index is 6.21. The highest BCUT2D eigenvalue weighted by Crippen LogP contribution is 2.56. The molecular weight excluding hydrogens is 282 g/mol. The molecule has 1 unspecified atom stereocenters. The van der Waals surface area contributed by atoms with E-state index in [9.17, 15) is 0 Å². The topological polar surface area (TPSA) is 32.5 Å². The third-order valence-electron chi connectivity index (χ3n) is 5.53. The van der Waals surface area contributed by atoms with Crippen LogP contribution >= 0.6 is 0 Å². The van der Waals surface area contributed by atoms with Crippen LogP contribution in [0.25, 0.3) is 0 Å². The Hall–Kier alpha value is -1.84. The highest BCUT2D eigenvalue weighted by Gasteiger charge is 2.53. The minimum atomic E-state index is 0.197. The lowest BCUT2D eigenvalue weighted by molar-refractivity contribution is 0.129. The molecule has 0 aromatic heterocycles. The number of hydrogen-bond donors (Lipinski definition) is 1. The van der Waals surface area contributed by atoms with Gasteiger partial charge in [0.15, 0.2) is 0 Å². The first-order chi connectivity index (χ1) is 11.2. The van der Waals surface area contributed by atoms with Gasteiger partial charge in [0, 0.05) is 44.5 Å². The van der Waals surface area contributed by atoms with Crippen LogP contribution in [0.5, 0.6) is 0 Å². The number of nitrogens with zero attached hydrogens (tertiary/aromatic N) is 2. The second-order valence-corrected chi connectivity index (χ2v) is 7.05. The minimum absolute atomic E-state index is 0.197. The summed E-state index contributed by atoms with van der Waals surface area (Å²) in [6.07, 6.45) is 2.48. The fourth-order valence-electron chi connectivity index (χ4n) is 4.09. The number of nitrogens with two attached hydrogens (primary N) is 1. The monoisotopic (exact) mass is 307 g/mol. The molecule has 23 heavy (non-hydrogen) atoms. The van der Waals surface area contributed by atoms with Crippen molar-refractivity contribution in [2.24, 2.45) is 5.73 Å². The highest BCUT2D eigenvalue weighted by atomic mass is 15.3. The molecule has 3 nitrogen and oxygen atoms in total. The van der Waals surface area contributed by atoms with E-state index >= 15 is 0 Å². The van der Waals surface area contributed by atoms with Crippen LogP contribution in [0.4, 0.5) is 5.69 Å². The van der Waals surface area contributed by atoms with E-state index in [1.165, 1.54) is 35.2 Å². The molecule has 0 saturated heterocycles. The normalized spacial score (nSPS) is 22.0. The largest absolute Gasteiger partial charge is 0.378 e. The van der Waals surface area contributed by atoms with Crippen LogP contribution in [-0.2, 0) is 12.1 Å². The number of benzene rings is 2. The lowest BCUT2D eigenvalue weighted by Crippen LogP contribution is -2.37. The van der Waals surface area contributed by atoms with Crippen LogP contribution in [0, 0.1) is 0 Å². The third-order valence-corrected chi connectivity index (χ3v) is 5.53. The summed E-state index contributed by atoms with van der Waals surface area (Å²) in [4.78, 5) is 4.81. The van der Waals surface area contributed by atoms with Crippen LogP contribution < -0.4 is 10.6 Å². The Balaban J connectivity index is 1.72. The summed E-state index contributed by atoms with van der Waals surface area (Å²) >= 11 is 0. The maximum atomic E-state index is 6.21. The van der Waals surface area contributed by atoms with Crippen molar-refractivity contribution in [2.45, 2.75) is 31.0 Å². The molecule has 1 aliphatic carbocycles. The van der Waals surface area contributed by atoms with E-state index in [2.05, 4.69) is 72.4 Å². The van der Waals surface area contributed by atoms with Gasteiger partial charge >= 0.3 is 0 Å². The summed E-state index contributed by atoms with van der Waals surface area (Å²) in [5.41, 5.74) is 12.0. The van der Waals surface area contributed by atoms with Gasteiger partial charge in [-0.2, -0.15) is 0 Å². The van der Waals surface area contributed by atoms with Gasteiger partial charge in [-0.15, -0.1) is 0 Å². The molecule has 0 amide bonds. The number of hydrogen-bond acceptors (Lipinski definition) is 3.